The summed E-state index contributed by atoms with van der Waals surface area (Å²) in [6.45, 7) is 2.06. The van der Waals surface area contributed by atoms with Gasteiger partial charge in [0.25, 0.3) is 11.8 Å². The lowest BCUT2D eigenvalue weighted by molar-refractivity contribution is -0.124. The number of hydrogen-bond donors (Lipinski definition) is 2. The van der Waals surface area contributed by atoms with Gasteiger partial charge in [-0.15, -0.1) is 0 Å². The quantitative estimate of drug-likeness (QED) is 0.728. The number of esters is 1. The standard InChI is InChI=1S/C19H19ClN2O4/c1-2-11-21-17(23)12-26-19(25)15-5-3-4-6-16(15)22-18(24)13-7-9-14(20)10-8-13/h3-10H,2,11-12H2,1H3,(H,21,23)(H,22,24). The van der Waals surface area contributed by atoms with Gasteiger partial charge in [-0.05, 0) is 42.8 Å². The van der Waals surface area contributed by atoms with Crippen LogP contribution in [-0.4, -0.2) is 30.9 Å². The molecule has 0 radical (unpaired) electrons. The molecule has 2 N–H and O–H groups in total. The number of anilines is 1. The number of rotatable bonds is 7. The largest absolute Gasteiger partial charge is 0.452 e. The number of nitrogens with one attached hydrogen (secondary N) is 2. The van der Waals surface area contributed by atoms with Gasteiger partial charge in [0.1, 0.15) is 0 Å². The zero-order chi connectivity index (χ0) is 18.9. The van der Waals surface area contributed by atoms with Gasteiger partial charge in [0, 0.05) is 17.1 Å². The summed E-state index contributed by atoms with van der Waals surface area (Å²) in [4.78, 5) is 36.1. The molecule has 0 aliphatic carbocycles. The van der Waals surface area contributed by atoms with Crippen LogP contribution < -0.4 is 10.6 Å². The number of amides is 2. The second kappa shape index (κ2) is 9.58. The van der Waals surface area contributed by atoms with Crippen LogP contribution in [0.5, 0.6) is 0 Å². The number of carbonyl (C=O) groups excluding carboxylic acids is 3. The SMILES string of the molecule is CCCNC(=O)COC(=O)c1ccccc1NC(=O)c1ccc(Cl)cc1. The molecule has 2 amide bonds. The van der Waals surface area contributed by atoms with Crippen LogP contribution in [0.1, 0.15) is 34.1 Å². The third-order valence-electron chi connectivity index (χ3n) is 3.41. The predicted molar refractivity (Wildman–Crippen MR) is 99.4 cm³/mol. The molecule has 0 aliphatic heterocycles. The molecule has 0 saturated heterocycles. The highest BCUT2D eigenvalue weighted by Crippen LogP contribution is 2.18. The zero-order valence-corrected chi connectivity index (χ0v) is 15.0. The molecule has 0 spiro atoms. The molecule has 2 rings (SSSR count). The van der Waals surface area contributed by atoms with Gasteiger partial charge >= 0.3 is 5.97 Å². The van der Waals surface area contributed by atoms with Crippen molar-refractivity contribution >= 4 is 35.1 Å². The highest BCUT2D eigenvalue weighted by molar-refractivity contribution is 6.30. The van der Waals surface area contributed by atoms with Crippen LogP contribution in [0.25, 0.3) is 0 Å². The second-order valence-electron chi connectivity index (χ2n) is 5.43. The highest BCUT2D eigenvalue weighted by Gasteiger charge is 2.16. The topological polar surface area (TPSA) is 84.5 Å². The molecule has 26 heavy (non-hydrogen) atoms. The van der Waals surface area contributed by atoms with Crippen molar-refractivity contribution in [2.45, 2.75) is 13.3 Å². The maximum atomic E-state index is 12.3. The van der Waals surface area contributed by atoms with E-state index >= 15 is 0 Å². The fourth-order valence-corrected chi connectivity index (χ4v) is 2.22. The molecule has 0 unspecified atom stereocenters. The van der Waals surface area contributed by atoms with Crippen molar-refractivity contribution in [1.29, 1.82) is 0 Å². The molecule has 0 saturated carbocycles. The van der Waals surface area contributed by atoms with E-state index in [0.29, 0.717) is 22.8 Å². The monoisotopic (exact) mass is 374 g/mol. The summed E-state index contributed by atoms with van der Waals surface area (Å²) in [7, 11) is 0. The summed E-state index contributed by atoms with van der Waals surface area (Å²) in [6.07, 6.45) is 0.791. The summed E-state index contributed by atoms with van der Waals surface area (Å²) >= 11 is 5.81. The molecule has 0 aliphatic rings. The van der Waals surface area contributed by atoms with E-state index in [-0.39, 0.29) is 24.0 Å². The Morgan fingerprint density at radius 3 is 2.42 bits per heavy atom. The zero-order valence-electron chi connectivity index (χ0n) is 14.3. The van der Waals surface area contributed by atoms with Gasteiger partial charge in [-0.2, -0.15) is 0 Å². The Balaban J connectivity index is 2.04. The first-order valence-electron chi connectivity index (χ1n) is 8.11. The fourth-order valence-electron chi connectivity index (χ4n) is 2.09. The Labute approximate surface area is 156 Å². The van der Waals surface area contributed by atoms with Crippen molar-refractivity contribution < 1.29 is 19.1 Å². The van der Waals surface area contributed by atoms with Crippen LogP contribution in [0, 0.1) is 0 Å². The lowest BCUT2D eigenvalue weighted by Gasteiger charge is -2.11. The summed E-state index contributed by atoms with van der Waals surface area (Å²) in [6, 6.07) is 12.8. The Hall–Kier alpha value is -2.86. The van der Waals surface area contributed by atoms with Crippen LogP contribution in [0.2, 0.25) is 5.02 Å². The summed E-state index contributed by atoms with van der Waals surface area (Å²) in [5.74, 6) is -1.45. The number of benzene rings is 2. The minimum atomic E-state index is -0.691. The molecule has 7 heteroatoms. The average molecular weight is 375 g/mol. The van der Waals surface area contributed by atoms with E-state index in [2.05, 4.69) is 10.6 Å². The van der Waals surface area contributed by atoms with Gasteiger partial charge in [0.2, 0.25) is 0 Å². The van der Waals surface area contributed by atoms with Crippen LogP contribution in [0.4, 0.5) is 5.69 Å². The van der Waals surface area contributed by atoms with E-state index in [1.165, 1.54) is 6.07 Å². The van der Waals surface area contributed by atoms with E-state index in [4.69, 9.17) is 16.3 Å². The molecule has 0 atom stereocenters. The van der Waals surface area contributed by atoms with Crippen LogP contribution >= 0.6 is 11.6 Å². The van der Waals surface area contributed by atoms with Gasteiger partial charge in [0.15, 0.2) is 6.61 Å². The van der Waals surface area contributed by atoms with Crippen molar-refractivity contribution in [2.24, 2.45) is 0 Å². The van der Waals surface area contributed by atoms with E-state index in [0.717, 1.165) is 6.42 Å². The highest BCUT2D eigenvalue weighted by atomic mass is 35.5. The van der Waals surface area contributed by atoms with Crippen LogP contribution in [0.3, 0.4) is 0 Å². The lowest BCUT2D eigenvalue weighted by atomic mass is 10.1. The molecule has 0 aromatic heterocycles. The molecule has 2 aromatic carbocycles. The third kappa shape index (κ3) is 5.60. The molecule has 0 fully saturated rings. The first-order chi connectivity index (χ1) is 12.5. The predicted octanol–water partition coefficient (Wildman–Crippen LogP) is 3.28. The van der Waals surface area contributed by atoms with Gasteiger partial charge in [0.05, 0.1) is 11.3 Å². The molecule has 2 aromatic rings. The number of carbonyl (C=O) groups is 3. The van der Waals surface area contributed by atoms with E-state index in [1.807, 2.05) is 6.92 Å². The number of hydrogen-bond acceptors (Lipinski definition) is 4. The normalized spacial score (nSPS) is 10.1. The fraction of sp³-hybridized carbons (Fsp3) is 0.211. The number of halogens is 1. The van der Waals surface area contributed by atoms with Gasteiger partial charge in [-0.3, -0.25) is 9.59 Å². The van der Waals surface area contributed by atoms with E-state index < -0.39 is 5.97 Å². The first-order valence-corrected chi connectivity index (χ1v) is 8.49. The summed E-state index contributed by atoms with van der Waals surface area (Å²) < 4.78 is 5.01. The molecule has 136 valence electrons. The van der Waals surface area contributed by atoms with E-state index in [1.54, 1.807) is 42.5 Å². The third-order valence-corrected chi connectivity index (χ3v) is 3.66. The molecular formula is C19H19ClN2O4. The lowest BCUT2D eigenvalue weighted by Crippen LogP contribution is -2.29. The summed E-state index contributed by atoms with van der Waals surface area (Å²) in [5, 5.41) is 5.80. The summed E-state index contributed by atoms with van der Waals surface area (Å²) in [5.41, 5.74) is 0.862. The molecule has 0 bridgehead atoms. The van der Waals surface area contributed by atoms with Gasteiger partial charge in [-0.25, -0.2) is 4.79 Å². The maximum Gasteiger partial charge on any atom is 0.340 e. The maximum absolute atomic E-state index is 12.3. The van der Waals surface area contributed by atoms with E-state index in [9.17, 15) is 14.4 Å². The first kappa shape index (κ1) is 19.5. The molecule has 0 heterocycles. The van der Waals surface area contributed by atoms with Crippen molar-refractivity contribution in [3.05, 3.63) is 64.7 Å². The van der Waals surface area contributed by atoms with Crippen molar-refractivity contribution in [3.8, 4) is 0 Å². The Bertz CT molecular complexity index is 790. The Kier molecular flexibility index (Phi) is 7.17. The molecular weight excluding hydrogens is 356 g/mol. The smallest absolute Gasteiger partial charge is 0.340 e. The minimum absolute atomic E-state index is 0.165. The minimum Gasteiger partial charge on any atom is -0.452 e. The average Bonchev–Trinajstić information content (AvgIpc) is 2.65. The Morgan fingerprint density at radius 2 is 1.73 bits per heavy atom. The number of para-hydroxylation sites is 1. The molecule has 6 nitrogen and oxygen atoms in total. The van der Waals surface area contributed by atoms with Crippen molar-refractivity contribution in [1.82, 2.24) is 5.32 Å². The van der Waals surface area contributed by atoms with Crippen molar-refractivity contribution in [2.75, 3.05) is 18.5 Å². The van der Waals surface area contributed by atoms with Crippen molar-refractivity contribution in [3.63, 3.8) is 0 Å². The Morgan fingerprint density at radius 1 is 1.04 bits per heavy atom. The van der Waals surface area contributed by atoms with Gasteiger partial charge < -0.3 is 15.4 Å². The second-order valence-corrected chi connectivity index (χ2v) is 5.87. The van der Waals surface area contributed by atoms with Crippen LogP contribution in [0.15, 0.2) is 48.5 Å². The van der Waals surface area contributed by atoms with Gasteiger partial charge in [-0.1, -0.05) is 30.7 Å². The van der Waals surface area contributed by atoms with Crippen LogP contribution in [-0.2, 0) is 9.53 Å². The number of ether oxygens (including phenoxy) is 1.